The highest BCUT2D eigenvalue weighted by molar-refractivity contribution is 8.33. The molecule has 8 heteroatoms. The van der Waals surface area contributed by atoms with E-state index in [9.17, 15) is 23.1 Å². The van der Waals surface area contributed by atoms with Gasteiger partial charge in [-0.05, 0) is 36.3 Å². The standard InChI is InChI=1S/C17H19F3N2O2S/c1-2-25-14(16(23)24)9-21-15(25)10-22-7-3-4-11-5-6-12(8-13(11)22)17(18,19)20/h5-6,8-9,25H,2-4,7,10H2,1H3,(H,23,24). The molecule has 0 aromatic heterocycles. The molecule has 1 aromatic rings. The Labute approximate surface area is 146 Å². The lowest BCUT2D eigenvalue weighted by Gasteiger charge is -2.33. The third-order valence-corrected chi connectivity index (χ3v) is 6.83. The summed E-state index contributed by atoms with van der Waals surface area (Å²) in [5.41, 5.74) is 0.817. The molecule has 1 N–H and O–H groups in total. The van der Waals surface area contributed by atoms with Gasteiger partial charge in [-0.3, -0.25) is 4.99 Å². The minimum atomic E-state index is -4.38. The molecule has 0 saturated carbocycles. The molecule has 0 spiro atoms. The van der Waals surface area contributed by atoms with Gasteiger partial charge in [0.2, 0.25) is 0 Å². The number of rotatable bonds is 4. The summed E-state index contributed by atoms with van der Waals surface area (Å²) in [6, 6.07) is 3.87. The molecule has 0 fully saturated rings. The molecule has 3 rings (SSSR count). The molecule has 2 aliphatic rings. The number of halogens is 3. The Morgan fingerprint density at radius 3 is 2.80 bits per heavy atom. The van der Waals surface area contributed by atoms with Crippen LogP contribution in [0.1, 0.15) is 24.5 Å². The van der Waals surface area contributed by atoms with Crippen LogP contribution in [0.2, 0.25) is 0 Å². The Hall–Kier alpha value is -1.96. The summed E-state index contributed by atoms with van der Waals surface area (Å²) in [6.07, 6.45) is -1.38. The molecule has 0 aliphatic carbocycles. The van der Waals surface area contributed by atoms with Gasteiger partial charge < -0.3 is 10.0 Å². The first-order chi connectivity index (χ1) is 11.8. The van der Waals surface area contributed by atoms with E-state index in [-0.39, 0.29) is 0 Å². The fraction of sp³-hybridized carbons (Fsp3) is 0.412. The summed E-state index contributed by atoms with van der Waals surface area (Å²) >= 11 is 0. The molecule has 1 unspecified atom stereocenters. The van der Waals surface area contributed by atoms with Crippen LogP contribution in [0, 0.1) is 0 Å². The van der Waals surface area contributed by atoms with Gasteiger partial charge in [0, 0.05) is 18.4 Å². The van der Waals surface area contributed by atoms with E-state index < -0.39 is 28.6 Å². The van der Waals surface area contributed by atoms with Gasteiger partial charge in [-0.2, -0.15) is 24.1 Å². The maximum atomic E-state index is 13.0. The molecule has 0 saturated heterocycles. The molecule has 0 radical (unpaired) electrons. The van der Waals surface area contributed by atoms with Crippen LogP contribution in [0.15, 0.2) is 34.3 Å². The number of carbonyl (C=O) groups is 1. The molecule has 136 valence electrons. The van der Waals surface area contributed by atoms with Crippen LogP contribution in [-0.2, 0) is 17.4 Å². The number of aliphatic imine (C=N–C) groups is 1. The number of aryl methyl sites for hydroxylation is 1. The lowest BCUT2D eigenvalue weighted by Crippen LogP contribution is -2.34. The number of hydrogen-bond donors (Lipinski definition) is 2. The van der Waals surface area contributed by atoms with Gasteiger partial charge in [0.25, 0.3) is 0 Å². The van der Waals surface area contributed by atoms with E-state index in [0.29, 0.717) is 29.4 Å². The van der Waals surface area contributed by atoms with Crippen molar-refractivity contribution < 1.29 is 23.1 Å². The Kier molecular flexibility index (Phi) is 4.81. The van der Waals surface area contributed by atoms with Crippen molar-refractivity contribution in [3.8, 4) is 0 Å². The molecule has 0 bridgehead atoms. The van der Waals surface area contributed by atoms with Crippen molar-refractivity contribution in [3.05, 3.63) is 40.4 Å². The zero-order valence-corrected chi connectivity index (χ0v) is 14.6. The van der Waals surface area contributed by atoms with E-state index in [0.717, 1.165) is 29.5 Å². The quantitative estimate of drug-likeness (QED) is 0.790. The van der Waals surface area contributed by atoms with Gasteiger partial charge in [-0.15, -0.1) is 0 Å². The van der Waals surface area contributed by atoms with Crippen molar-refractivity contribution in [1.82, 2.24) is 0 Å². The highest BCUT2D eigenvalue weighted by Gasteiger charge is 2.33. The van der Waals surface area contributed by atoms with Crippen molar-refractivity contribution in [2.24, 2.45) is 4.99 Å². The van der Waals surface area contributed by atoms with Crippen LogP contribution >= 0.6 is 10.9 Å². The fourth-order valence-electron chi connectivity index (χ4n) is 3.23. The van der Waals surface area contributed by atoms with E-state index in [1.165, 1.54) is 12.3 Å². The predicted octanol–water partition coefficient (Wildman–Crippen LogP) is 3.82. The Morgan fingerprint density at radius 2 is 2.16 bits per heavy atom. The number of anilines is 1. The molecule has 1 aromatic carbocycles. The lowest BCUT2D eigenvalue weighted by atomic mass is 9.99. The molecule has 0 amide bonds. The molecular formula is C17H19F3N2O2S. The number of carboxylic acids is 1. The number of hydrogen-bond acceptors (Lipinski definition) is 3. The molecule has 4 nitrogen and oxygen atoms in total. The first-order valence-electron chi connectivity index (χ1n) is 8.04. The summed E-state index contributed by atoms with van der Waals surface area (Å²) in [5, 5.41) is 10.0. The minimum Gasteiger partial charge on any atom is -0.477 e. The fourth-order valence-corrected chi connectivity index (χ4v) is 5.18. The first kappa shape index (κ1) is 17.8. The Balaban J connectivity index is 1.86. The van der Waals surface area contributed by atoms with Crippen LogP contribution in [0.5, 0.6) is 0 Å². The summed E-state index contributed by atoms with van der Waals surface area (Å²) in [7, 11) is -1.01. The average molecular weight is 372 g/mol. The van der Waals surface area contributed by atoms with Crippen molar-refractivity contribution in [1.29, 1.82) is 0 Å². The maximum Gasteiger partial charge on any atom is 0.416 e. The Bertz CT molecular complexity index is 759. The zero-order chi connectivity index (χ0) is 18.2. The van der Waals surface area contributed by atoms with Gasteiger partial charge in [0.1, 0.15) is 0 Å². The SMILES string of the molecule is CC[SH]1C(C(=O)O)=CN=C1CN1CCCc2ccc(C(F)(F)F)cc21. The van der Waals surface area contributed by atoms with E-state index in [1.54, 1.807) is 6.07 Å². The lowest BCUT2D eigenvalue weighted by molar-refractivity contribution is -0.137. The molecule has 25 heavy (non-hydrogen) atoms. The van der Waals surface area contributed by atoms with Crippen molar-refractivity contribution in [3.63, 3.8) is 0 Å². The van der Waals surface area contributed by atoms with Crippen molar-refractivity contribution in [2.45, 2.75) is 25.9 Å². The van der Waals surface area contributed by atoms with E-state index in [1.807, 2.05) is 11.8 Å². The molecule has 2 aliphatic heterocycles. The predicted molar refractivity (Wildman–Crippen MR) is 94.7 cm³/mol. The van der Waals surface area contributed by atoms with Crippen molar-refractivity contribution in [2.75, 3.05) is 23.7 Å². The molecule has 1 atom stereocenters. The topological polar surface area (TPSA) is 52.9 Å². The average Bonchev–Trinajstić information content (AvgIpc) is 2.97. The highest BCUT2D eigenvalue weighted by Crippen LogP contribution is 2.42. The number of thiol groups is 1. The van der Waals surface area contributed by atoms with E-state index >= 15 is 0 Å². The van der Waals surface area contributed by atoms with Crippen LogP contribution in [0.25, 0.3) is 0 Å². The molecule has 2 heterocycles. The summed E-state index contributed by atoms with van der Waals surface area (Å²) in [5.74, 6) is -0.305. The van der Waals surface area contributed by atoms with Crippen LogP contribution in [0.3, 0.4) is 0 Å². The minimum absolute atomic E-state index is 0.314. The normalized spacial score (nSPS) is 21.6. The number of aliphatic carboxylic acids is 1. The van der Waals surface area contributed by atoms with Gasteiger partial charge >= 0.3 is 12.1 Å². The monoisotopic (exact) mass is 372 g/mol. The van der Waals surface area contributed by atoms with E-state index in [2.05, 4.69) is 4.99 Å². The van der Waals surface area contributed by atoms with Gasteiger partial charge in [0.15, 0.2) is 0 Å². The third-order valence-electron chi connectivity index (χ3n) is 4.43. The van der Waals surface area contributed by atoms with Gasteiger partial charge in [0.05, 0.1) is 22.1 Å². The number of alkyl halides is 3. The van der Waals surface area contributed by atoms with Crippen LogP contribution < -0.4 is 4.90 Å². The highest BCUT2D eigenvalue weighted by atomic mass is 32.2. The summed E-state index contributed by atoms with van der Waals surface area (Å²) in [6.45, 7) is 2.93. The summed E-state index contributed by atoms with van der Waals surface area (Å²) in [4.78, 5) is 17.8. The number of carboxylic acid groups (broad SMARTS) is 1. The van der Waals surface area contributed by atoms with Gasteiger partial charge in [-0.1, -0.05) is 13.0 Å². The second-order valence-electron chi connectivity index (χ2n) is 5.98. The smallest absolute Gasteiger partial charge is 0.416 e. The Morgan fingerprint density at radius 1 is 1.40 bits per heavy atom. The van der Waals surface area contributed by atoms with Crippen LogP contribution in [-0.4, -0.2) is 35.0 Å². The number of nitrogens with zero attached hydrogens (tertiary/aromatic N) is 2. The molecular weight excluding hydrogens is 353 g/mol. The van der Waals surface area contributed by atoms with Crippen LogP contribution in [0.4, 0.5) is 18.9 Å². The first-order valence-corrected chi connectivity index (χ1v) is 9.56. The number of fused-ring (bicyclic) bond motifs is 1. The van der Waals surface area contributed by atoms with E-state index in [4.69, 9.17) is 0 Å². The summed E-state index contributed by atoms with van der Waals surface area (Å²) < 4.78 is 39.1. The van der Waals surface area contributed by atoms with Gasteiger partial charge in [-0.25, -0.2) is 4.79 Å². The second kappa shape index (κ2) is 6.74. The maximum absolute atomic E-state index is 13.0. The third kappa shape index (κ3) is 3.53. The largest absolute Gasteiger partial charge is 0.477 e. The van der Waals surface area contributed by atoms with Crippen molar-refractivity contribution >= 4 is 27.6 Å². The zero-order valence-electron chi connectivity index (χ0n) is 13.7. The second-order valence-corrected chi connectivity index (χ2v) is 8.46. The number of benzene rings is 1.